The van der Waals surface area contributed by atoms with Crippen LogP contribution in [0.15, 0.2) is 192 Å². The van der Waals surface area contributed by atoms with Crippen molar-refractivity contribution in [1.82, 2.24) is 0 Å². The summed E-state index contributed by atoms with van der Waals surface area (Å²) in [6.07, 6.45) is 16.3. The van der Waals surface area contributed by atoms with Crippen LogP contribution >= 0.6 is 0 Å². The van der Waals surface area contributed by atoms with Crippen LogP contribution in [0.5, 0.6) is 0 Å². The first-order valence-corrected chi connectivity index (χ1v) is 32.2. The number of aliphatic hydroxyl groups excluding tert-OH is 8. The first-order chi connectivity index (χ1) is 46.3. The van der Waals surface area contributed by atoms with Crippen LogP contribution in [-0.2, 0) is 76.3 Å². The van der Waals surface area contributed by atoms with Gasteiger partial charge in [0.05, 0.1) is 44.6 Å². The molecule has 8 atom stereocenters. The highest BCUT2D eigenvalue weighted by molar-refractivity contribution is 5.95. The molecule has 0 aromatic rings. The molecule has 0 bridgehead atoms. The lowest BCUT2D eigenvalue weighted by Crippen LogP contribution is -2.18. The number of aliphatic hydroxyl groups is 8. The number of carbonyl (C=O) groups is 8. The third-order valence-electron chi connectivity index (χ3n) is 14.8. The van der Waals surface area contributed by atoms with E-state index in [-0.39, 0.29) is 57.9 Å². The molecule has 0 radical (unpaired) electrons. The second kappa shape index (κ2) is 43.2. The Morgan fingerprint density at radius 3 is 0.643 bits per heavy atom. The molecule has 0 fully saturated rings. The number of esters is 8. The third-order valence-corrected chi connectivity index (χ3v) is 14.8. The Labute approximate surface area is 574 Å². The zero-order valence-electron chi connectivity index (χ0n) is 58.1. The highest BCUT2D eigenvalue weighted by Gasteiger charge is 2.39. The van der Waals surface area contributed by atoms with Gasteiger partial charge in [-0.25, -0.2) is 38.4 Å². The topological polar surface area (TPSA) is 372 Å². The molecule has 98 heavy (non-hydrogen) atoms. The number of allylic oxidation sites excluding steroid dienone is 8. The Morgan fingerprint density at radius 1 is 0.296 bits per heavy atom. The van der Waals surface area contributed by atoms with Crippen LogP contribution in [0, 0.1) is 11.8 Å². The summed E-state index contributed by atoms with van der Waals surface area (Å²) in [5.74, 6) is -2.62. The molecule has 0 spiro atoms. The molecule has 24 nitrogen and oxygen atoms in total. The van der Waals surface area contributed by atoms with E-state index in [2.05, 4.69) is 52.6 Å². The molecule has 540 valence electrons. The monoisotopic (exact) mass is 1370 g/mol. The van der Waals surface area contributed by atoms with E-state index in [4.69, 9.17) is 37.9 Å². The first kappa shape index (κ1) is 86.0. The van der Waals surface area contributed by atoms with Crippen molar-refractivity contribution in [2.75, 3.05) is 0 Å². The Balaban J connectivity index is 0.000000560. The molecule has 0 saturated heterocycles. The van der Waals surface area contributed by atoms with Crippen LogP contribution in [0.2, 0.25) is 0 Å². The smallest absolute Gasteiger partial charge is 0.338 e. The van der Waals surface area contributed by atoms with Gasteiger partial charge in [-0.2, -0.15) is 0 Å². The number of cyclic esters (lactones) is 8. The zero-order chi connectivity index (χ0) is 74.8. The van der Waals surface area contributed by atoms with Gasteiger partial charge in [0.15, 0.2) is 48.8 Å². The van der Waals surface area contributed by atoms with Gasteiger partial charge in [-0.3, -0.25) is 0 Å². The minimum atomic E-state index is -0.488. The van der Waals surface area contributed by atoms with Crippen molar-refractivity contribution in [3.63, 3.8) is 0 Å². The molecule has 8 aliphatic rings. The number of ether oxygens (including phenoxy) is 8. The molecule has 0 aromatic heterocycles. The first-order valence-electron chi connectivity index (χ1n) is 32.2. The van der Waals surface area contributed by atoms with Gasteiger partial charge < -0.3 is 78.7 Å². The van der Waals surface area contributed by atoms with Crippen molar-refractivity contribution in [2.45, 2.75) is 208 Å². The van der Waals surface area contributed by atoms with Crippen molar-refractivity contribution < 1.29 is 117 Å². The van der Waals surface area contributed by atoms with E-state index in [1.165, 1.54) is 0 Å². The zero-order valence-corrected chi connectivity index (χ0v) is 58.1. The number of hydrogen-bond donors (Lipinski definition) is 8. The Hall–Kier alpha value is -10.0. The summed E-state index contributed by atoms with van der Waals surface area (Å²) in [5.41, 5.74) is 2.73. The number of hydrogen-bond acceptors (Lipinski definition) is 24. The summed E-state index contributed by atoms with van der Waals surface area (Å²) in [5, 5.41) is 75.7. The van der Waals surface area contributed by atoms with Crippen molar-refractivity contribution in [3.05, 3.63) is 192 Å². The highest BCUT2D eigenvalue weighted by Crippen LogP contribution is 2.32. The summed E-state index contributed by atoms with van der Waals surface area (Å²) in [7, 11) is 0. The standard InChI is InChI=1S/4C10H14O3.2C9H12O3.2C8H10O3/c2*1-4-5-7-8(11)9(6(2)3)13-10(7)12;2*1-3-5-7-9(11)8(6-4-2)13-10(7)12;2*1-3-5-6-8(10)7(4-2)12-9(6)11;2*1-3-4-6-7(9)5(2)11-8(6)10/h2*4,6,9,11H,1,5H2,2-3H3;2*3,8,11H,1,4-6H2,2H3;2*3,7,10H,1,4-5H2,2H3;2*3,5,9H,1,4H2,2H3/t2*9-;2*8-;2*7-;2*5-/m10101010/s1. The molecule has 0 aliphatic carbocycles. The molecule has 8 heterocycles. The normalized spacial score (nSPS) is 22.7. The van der Waals surface area contributed by atoms with Crippen molar-refractivity contribution in [3.8, 4) is 0 Å². The summed E-state index contributed by atoms with van der Waals surface area (Å²) >= 11 is 0. The van der Waals surface area contributed by atoms with Gasteiger partial charge in [-0.1, -0.05) is 117 Å². The quantitative estimate of drug-likeness (QED) is 0.0253. The average molecular weight is 1370 g/mol. The van der Waals surface area contributed by atoms with Crippen molar-refractivity contribution >= 4 is 47.8 Å². The van der Waals surface area contributed by atoms with Crippen LogP contribution in [0.1, 0.15) is 159 Å². The molecular formula is C74H100O24. The van der Waals surface area contributed by atoms with E-state index in [1.807, 2.05) is 55.4 Å². The van der Waals surface area contributed by atoms with Gasteiger partial charge in [0, 0.05) is 51.4 Å². The van der Waals surface area contributed by atoms with E-state index in [9.17, 15) is 79.2 Å². The molecule has 0 saturated carbocycles. The fraction of sp³-hybridized carbons (Fsp3) is 0.459. The van der Waals surface area contributed by atoms with Gasteiger partial charge in [-0.05, 0) is 51.4 Å². The molecule has 0 aromatic carbocycles. The largest absolute Gasteiger partial charge is 0.508 e. The van der Waals surface area contributed by atoms with E-state index in [1.54, 1.807) is 62.5 Å². The van der Waals surface area contributed by atoms with Crippen LogP contribution < -0.4 is 0 Å². The molecule has 8 N–H and O–H groups in total. The van der Waals surface area contributed by atoms with Gasteiger partial charge in [0.2, 0.25) is 0 Å². The number of rotatable bonds is 24. The summed E-state index contributed by atoms with van der Waals surface area (Å²) in [6.45, 7) is 46.4. The third kappa shape index (κ3) is 24.3. The Kier molecular flexibility index (Phi) is 37.9. The van der Waals surface area contributed by atoms with Crippen molar-refractivity contribution in [1.29, 1.82) is 0 Å². The Bertz CT molecular complexity index is 3030. The lowest BCUT2D eigenvalue weighted by molar-refractivity contribution is -0.142. The van der Waals surface area contributed by atoms with Crippen LogP contribution in [0.3, 0.4) is 0 Å². The molecular weight excluding hydrogens is 1270 g/mol. The lowest BCUT2D eigenvalue weighted by Gasteiger charge is -2.13. The van der Waals surface area contributed by atoms with E-state index < -0.39 is 96.6 Å². The molecule has 0 unspecified atom stereocenters. The van der Waals surface area contributed by atoms with E-state index in [0.717, 1.165) is 12.8 Å². The summed E-state index contributed by atoms with van der Waals surface area (Å²) in [6, 6.07) is 0. The average Bonchev–Trinajstić information content (AvgIpc) is 1.69. The van der Waals surface area contributed by atoms with Gasteiger partial charge in [0.25, 0.3) is 0 Å². The van der Waals surface area contributed by atoms with Crippen LogP contribution in [0.4, 0.5) is 0 Å². The van der Waals surface area contributed by atoms with Crippen LogP contribution in [0.25, 0.3) is 0 Å². The number of carbonyl (C=O) groups excluding carboxylic acids is 8. The van der Waals surface area contributed by atoms with Crippen molar-refractivity contribution in [2.24, 2.45) is 11.8 Å². The summed E-state index contributed by atoms with van der Waals surface area (Å²) in [4.78, 5) is 88.7. The van der Waals surface area contributed by atoms with Gasteiger partial charge >= 0.3 is 47.8 Å². The van der Waals surface area contributed by atoms with E-state index >= 15 is 0 Å². The maximum absolute atomic E-state index is 11.2. The maximum atomic E-state index is 11.2. The predicted octanol–water partition coefficient (Wildman–Crippen LogP) is 14.2. The minimum Gasteiger partial charge on any atom is -0.508 e. The molecule has 8 aliphatic heterocycles. The second-order valence-electron chi connectivity index (χ2n) is 23.1. The fourth-order valence-electron chi connectivity index (χ4n) is 9.56. The SMILES string of the molecule is C=CCC1=C(O)[C@@H](C(C)C)OC1=O.C=CCC1=C(O)[C@@H](C)OC1=O.C=CCC1=C(O)[C@@H](CC)OC1=O.C=CCC1=C(O)[C@@H](CCC)OC1=O.C=CCC1=C(O)[C@H](C(C)C)OC1=O.C=CCC1=C(O)[C@H](C)OC1=O.C=CCC1=C(O)[C@H](CC)OC1=O.C=CCC1=C(O)[C@H](CCC)OC1=O. The van der Waals surface area contributed by atoms with Crippen LogP contribution in [-0.4, -0.2) is 137 Å². The summed E-state index contributed by atoms with van der Waals surface area (Å²) < 4.78 is 39.1. The molecule has 0 amide bonds. The Morgan fingerprint density at radius 2 is 0.480 bits per heavy atom. The maximum Gasteiger partial charge on any atom is 0.338 e. The van der Waals surface area contributed by atoms with E-state index in [0.29, 0.717) is 122 Å². The fourth-order valence-corrected chi connectivity index (χ4v) is 9.56. The molecule has 24 heteroatoms. The van der Waals surface area contributed by atoms with Gasteiger partial charge in [0.1, 0.15) is 46.1 Å². The highest BCUT2D eigenvalue weighted by atomic mass is 16.6. The second-order valence-corrected chi connectivity index (χ2v) is 23.1. The predicted molar refractivity (Wildman–Crippen MR) is 366 cm³/mol. The van der Waals surface area contributed by atoms with Gasteiger partial charge in [-0.15, -0.1) is 52.6 Å². The minimum absolute atomic E-state index is 0.0369. The molecule has 8 rings (SSSR count). The lowest BCUT2D eigenvalue weighted by atomic mass is 10.0.